The summed E-state index contributed by atoms with van der Waals surface area (Å²) in [6.07, 6.45) is 7.18. The highest BCUT2D eigenvalue weighted by Crippen LogP contribution is 2.29. The Balaban J connectivity index is 1.42. The third-order valence-corrected chi connectivity index (χ3v) is 2.87. The van der Waals surface area contributed by atoms with Crippen molar-refractivity contribution in [3.63, 3.8) is 0 Å². The second-order valence-corrected chi connectivity index (χ2v) is 4.60. The summed E-state index contributed by atoms with van der Waals surface area (Å²) in [4.78, 5) is 0. The molecule has 2 rings (SSSR count). The minimum Gasteiger partial charge on any atom is -0.378 e. The quantitative estimate of drug-likeness (QED) is 0.651. The fourth-order valence-electron chi connectivity index (χ4n) is 1.45. The molecule has 0 spiro atoms. The summed E-state index contributed by atoms with van der Waals surface area (Å²) >= 11 is 0. The van der Waals surface area contributed by atoms with Gasteiger partial charge in [0, 0.05) is 12.6 Å². The lowest BCUT2D eigenvalue weighted by molar-refractivity contribution is 0.0530. The van der Waals surface area contributed by atoms with E-state index in [2.05, 4.69) is 12.2 Å². The molecule has 0 saturated heterocycles. The molecule has 0 aromatic heterocycles. The van der Waals surface area contributed by atoms with Crippen LogP contribution in [0, 0.1) is 5.92 Å². The van der Waals surface area contributed by atoms with E-state index >= 15 is 0 Å². The molecule has 0 aromatic carbocycles. The van der Waals surface area contributed by atoms with Crippen molar-refractivity contribution in [1.29, 1.82) is 0 Å². The first-order valence-corrected chi connectivity index (χ1v) is 5.69. The van der Waals surface area contributed by atoms with E-state index in [-0.39, 0.29) is 0 Å². The van der Waals surface area contributed by atoms with E-state index in [9.17, 15) is 0 Å². The molecule has 0 aromatic rings. The number of nitrogens with one attached hydrogen (secondary N) is 1. The lowest BCUT2D eigenvalue weighted by atomic mass is 10.3. The molecule has 76 valence electrons. The van der Waals surface area contributed by atoms with Crippen molar-refractivity contribution in [2.75, 3.05) is 13.2 Å². The Morgan fingerprint density at radius 1 is 1.31 bits per heavy atom. The van der Waals surface area contributed by atoms with Gasteiger partial charge in [-0.1, -0.05) is 0 Å². The van der Waals surface area contributed by atoms with Crippen LogP contribution >= 0.6 is 0 Å². The van der Waals surface area contributed by atoms with Crippen LogP contribution in [-0.2, 0) is 4.74 Å². The molecule has 0 radical (unpaired) electrons. The summed E-state index contributed by atoms with van der Waals surface area (Å²) in [5.74, 6) is 0.902. The second kappa shape index (κ2) is 4.43. The zero-order chi connectivity index (χ0) is 9.10. The van der Waals surface area contributed by atoms with Gasteiger partial charge in [-0.25, -0.2) is 0 Å². The van der Waals surface area contributed by atoms with E-state index in [0.29, 0.717) is 6.10 Å². The van der Waals surface area contributed by atoms with E-state index in [1.807, 2.05) is 0 Å². The van der Waals surface area contributed by atoms with E-state index < -0.39 is 0 Å². The van der Waals surface area contributed by atoms with Crippen molar-refractivity contribution < 1.29 is 4.74 Å². The average Bonchev–Trinajstić information content (AvgIpc) is 2.97. The van der Waals surface area contributed by atoms with Crippen molar-refractivity contribution in [3.05, 3.63) is 0 Å². The third kappa shape index (κ3) is 4.10. The summed E-state index contributed by atoms with van der Waals surface area (Å²) in [7, 11) is 0. The summed E-state index contributed by atoms with van der Waals surface area (Å²) in [6, 6.07) is 0.843. The Kier molecular flexibility index (Phi) is 3.23. The van der Waals surface area contributed by atoms with Crippen LogP contribution in [0.25, 0.3) is 0 Å². The lowest BCUT2D eigenvalue weighted by Gasteiger charge is -2.12. The maximum absolute atomic E-state index is 5.73. The van der Waals surface area contributed by atoms with Crippen LogP contribution in [0.4, 0.5) is 0 Å². The zero-order valence-corrected chi connectivity index (χ0v) is 8.59. The number of hydrogen-bond donors (Lipinski definition) is 1. The van der Waals surface area contributed by atoms with Gasteiger partial charge in [0.2, 0.25) is 0 Å². The zero-order valence-electron chi connectivity index (χ0n) is 8.59. The van der Waals surface area contributed by atoms with Crippen molar-refractivity contribution >= 4 is 0 Å². The first-order chi connectivity index (χ1) is 6.34. The maximum atomic E-state index is 5.73. The lowest BCUT2D eigenvalue weighted by Crippen LogP contribution is -2.22. The van der Waals surface area contributed by atoms with E-state index in [4.69, 9.17) is 4.74 Å². The Morgan fingerprint density at radius 2 is 2.08 bits per heavy atom. The smallest absolute Gasteiger partial charge is 0.0559 e. The molecule has 2 nitrogen and oxygen atoms in total. The van der Waals surface area contributed by atoms with Crippen LogP contribution in [0.1, 0.15) is 39.0 Å². The van der Waals surface area contributed by atoms with Crippen molar-refractivity contribution in [1.82, 2.24) is 5.32 Å². The van der Waals surface area contributed by atoms with Crippen LogP contribution in [-0.4, -0.2) is 25.3 Å². The minimum absolute atomic E-state index is 0.451. The highest BCUT2D eigenvalue weighted by molar-refractivity contribution is 4.80. The number of rotatable bonds is 7. The predicted octanol–water partition coefficient (Wildman–Crippen LogP) is 1.94. The van der Waals surface area contributed by atoms with Gasteiger partial charge in [0.15, 0.2) is 0 Å². The van der Waals surface area contributed by atoms with Gasteiger partial charge >= 0.3 is 0 Å². The number of hydrogen-bond acceptors (Lipinski definition) is 2. The van der Waals surface area contributed by atoms with E-state index in [1.165, 1.54) is 32.1 Å². The van der Waals surface area contributed by atoms with Crippen LogP contribution in [0.5, 0.6) is 0 Å². The third-order valence-electron chi connectivity index (χ3n) is 2.87. The molecule has 2 heteroatoms. The average molecular weight is 183 g/mol. The van der Waals surface area contributed by atoms with Crippen LogP contribution < -0.4 is 5.32 Å². The fourth-order valence-corrected chi connectivity index (χ4v) is 1.45. The molecule has 2 saturated carbocycles. The molecule has 13 heavy (non-hydrogen) atoms. The first kappa shape index (κ1) is 9.47. The Morgan fingerprint density at radius 3 is 2.69 bits per heavy atom. The second-order valence-electron chi connectivity index (χ2n) is 4.60. The highest BCUT2D eigenvalue weighted by atomic mass is 16.5. The molecule has 2 aliphatic carbocycles. The van der Waals surface area contributed by atoms with Gasteiger partial charge in [0.05, 0.1) is 6.10 Å². The van der Waals surface area contributed by atoms with Gasteiger partial charge < -0.3 is 10.1 Å². The standard InChI is InChI=1S/C11H21NO/c1-9(13-8-10-2-3-10)6-7-12-11-4-5-11/h9-12H,2-8H2,1H3. The van der Waals surface area contributed by atoms with Crippen LogP contribution in [0.2, 0.25) is 0 Å². The van der Waals surface area contributed by atoms with Gasteiger partial charge in [-0.2, -0.15) is 0 Å². The summed E-state index contributed by atoms with van der Waals surface area (Å²) in [5, 5.41) is 3.51. The SMILES string of the molecule is CC(CCNC1CC1)OCC1CC1. The van der Waals surface area contributed by atoms with Gasteiger partial charge in [0.1, 0.15) is 0 Å². The molecule has 0 bridgehead atoms. The number of ether oxygens (including phenoxy) is 1. The van der Waals surface area contributed by atoms with Gasteiger partial charge in [-0.15, -0.1) is 0 Å². The largest absolute Gasteiger partial charge is 0.378 e. The fraction of sp³-hybridized carbons (Fsp3) is 1.00. The van der Waals surface area contributed by atoms with E-state index in [0.717, 1.165) is 25.1 Å². The van der Waals surface area contributed by atoms with E-state index in [1.54, 1.807) is 0 Å². The monoisotopic (exact) mass is 183 g/mol. The van der Waals surface area contributed by atoms with Crippen molar-refractivity contribution in [3.8, 4) is 0 Å². The van der Waals surface area contributed by atoms with Crippen molar-refractivity contribution in [2.45, 2.75) is 51.2 Å². The summed E-state index contributed by atoms with van der Waals surface area (Å²) < 4.78 is 5.73. The summed E-state index contributed by atoms with van der Waals surface area (Å²) in [6.45, 7) is 4.33. The van der Waals surface area contributed by atoms with Gasteiger partial charge in [0.25, 0.3) is 0 Å². The highest BCUT2D eigenvalue weighted by Gasteiger charge is 2.23. The minimum atomic E-state index is 0.451. The molecule has 0 amide bonds. The summed E-state index contributed by atoms with van der Waals surface area (Å²) in [5.41, 5.74) is 0. The molecule has 1 N–H and O–H groups in total. The van der Waals surface area contributed by atoms with Gasteiger partial charge in [-0.05, 0) is 51.5 Å². The Bertz CT molecular complexity index is 152. The first-order valence-electron chi connectivity index (χ1n) is 5.69. The molecule has 0 aliphatic heterocycles. The molecular weight excluding hydrogens is 162 g/mol. The molecule has 1 atom stereocenters. The Hall–Kier alpha value is -0.0800. The molecular formula is C11H21NO. The maximum Gasteiger partial charge on any atom is 0.0559 e. The predicted molar refractivity (Wildman–Crippen MR) is 53.8 cm³/mol. The molecule has 2 aliphatic rings. The molecule has 2 fully saturated rings. The van der Waals surface area contributed by atoms with Crippen LogP contribution in [0.3, 0.4) is 0 Å². The topological polar surface area (TPSA) is 21.3 Å². The van der Waals surface area contributed by atoms with Crippen molar-refractivity contribution in [2.24, 2.45) is 5.92 Å². The Labute approximate surface area is 81.0 Å². The van der Waals surface area contributed by atoms with Gasteiger partial charge in [-0.3, -0.25) is 0 Å². The molecule has 1 unspecified atom stereocenters. The normalized spacial score (nSPS) is 24.7. The molecule has 0 heterocycles. The van der Waals surface area contributed by atoms with Crippen LogP contribution in [0.15, 0.2) is 0 Å².